The van der Waals surface area contributed by atoms with E-state index >= 15 is 0 Å². The fourth-order valence-corrected chi connectivity index (χ4v) is 4.94. The predicted molar refractivity (Wildman–Crippen MR) is 128 cm³/mol. The topological polar surface area (TPSA) is 120 Å². The van der Waals surface area contributed by atoms with Crippen molar-refractivity contribution in [1.29, 1.82) is 5.26 Å². The molecule has 0 spiro atoms. The van der Waals surface area contributed by atoms with Gasteiger partial charge in [-0.3, -0.25) is 4.79 Å². The predicted octanol–water partition coefficient (Wildman–Crippen LogP) is 3.27. The number of aromatic amines is 1. The third-order valence-corrected chi connectivity index (χ3v) is 7.01. The van der Waals surface area contributed by atoms with Crippen molar-refractivity contribution in [2.75, 3.05) is 31.6 Å². The molecule has 1 saturated heterocycles. The van der Waals surface area contributed by atoms with E-state index in [-0.39, 0.29) is 24.2 Å². The van der Waals surface area contributed by atoms with Crippen molar-refractivity contribution in [3.63, 3.8) is 0 Å². The van der Waals surface area contributed by atoms with Crippen LogP contribution in [0.4, 0.5) is 16.0 Å². The molecule has 0 radical (unpaired) electrons. The molecule has 2 aliphatic heterocycles. The molecule has 1 N–H and O–H groups in total. The smallest absolute Gasteiger partial charge is 0.270 e. The lowest BCUT2D eigenvalue weighted by molar-refractivity contribution is -0.140. The fourth-order valence-electron chi connectivity index (χ4n) is 4.71. The van der Waals surface area contributed by atoms with E-state index in [0.29, 0.717) is 54.6 Å². The summed E-state index contributed by atoms with van der Waals surface area (Å²) in [7, 11) is 1.50. The van der Waals surface area contributed by atoms with Crippen LogP contribution in [0, 0.1) is 22.6 Å². The Balaban J connectivity index is 1.33. The maximum Gasteiger partial charge on any atom is 0.270 e. The Labute approximate surface area is 211 Å². The van der Waals surface area contributed by atoms with E-state index in [1.807, 2.05) is 0 Å². The highest BCUT2D eigenvalue weighted by Gasteiger charge is 2.41. The van der Waals surface area contributed by atoms with Crippen LogP contribution in [-0.2, 0) is 11.2 Å². The van der Waals surface area contributed by atoms with Crippen LogP contribution in [-0.4, -0.2) is 64.3 Å². The quantitative estimate of drug-likeness (QED) is 0.554. The third-order valence-electron chi connectivity index (χ3n) is 6.72. The van der Waals surface area contributed by atoms with Gasteiger partial charge >= 0.3 is 0 Å². The van der Waals surface area contributed by atoms with Crippen LogP contribution in [0.5, 0.6) is 11.5 Å². The first-order valence-corrected chi connectivity index (χ1v) is 11.8. The fraction of sp³-hybridized carbons (Fsp3) is 0.375. The lowest BCUT2D eigenvalue weighted by Gasteiger charge is -2.40. The minimum Gasteiger partial charge on any atom is -0.495 e. The molecule has 1 fully saturated rings. The van der Waals surface area contributed by atoms with Gasteiger partial charge in [0, 0.05) is 19.2 Å². The van der Waals surface area contributed by atoms with E-state index in [2.05, 4.69) is 26.7 Å². The van der Waals surface area contributed by atoms with Crippen LogP contribution in [0.1, 0.15) is 18.4 Å². The average molecular weight is 512 g/mol. The number of aromatic nitrogens is 4. The van der Waals surface area contributed by atoms with Crippen molar-refractivity contribution in [2.45, 2.75) is 25.4 Å². The van der Waals surface area contributed by atoms with Crippen molar-refractivity contribution in [1.82, 2.24) is 25.5 Å². The second-order valence-corrected chi connectivity index (χ2v) is 9.31. The number of likely N-dealkylation sites (tertiary alicyclic amines) is 1. The number of ether oxygens (including phenoxy) is 2. The first-order valence-electron chi connectivity index (χ1n) is 11.4. The van der Waals surface area contributed by atoms with Crippen LogP contribution in [0.15, 0.2) is 36.4 Å². The summed E-state index contributed by atoms with van der Waals surface area (Å²) in [6, 6.07) is 11.9. The van der Waals surface area contributed by atoms with Gasteiger partial charge in [0.25, 0.3) is 11.9 Å². The normalized spacial score (nSPS) is 18.7. The molecule has 12 heteroatoms. The van der Waals surface area contributed by atoms with E-state index in [1.54, 1.807) is 34.1 Å². The van der Waals surface area contributed by atoms with E-state index in [4.69, 9.17) is 21.1 Å². The van der Waals surface area contributed by atoms with Crippen LogP contribution in [0.2, 0.25) is 5.02 Å². The lowest BCUT2D eigenvalue weighted by Crippen LogP contribution is -2.52. The van der Waals surface area contributed by atoms with Crippen LogP contribution < -0.4 is 14.4 Å². The summed E-state index contributed by atoms with van der Waals surface area (Å²) in [5.74, 6) is 0.588. The molecule has 3 heterocycles. The molecule has 1 unspecified atom stereocenters. The van der Waals surface area contributed by atoms with Gasteiger partial charge in [-0.2, -0.15) is 10.5 Å². The maximum absolute atomic E-state index is 13.5. The number of nitrogens with one attached hydrogen (secondary N) is 1. The Hall–Kier alpha value is -3.91. The number of fused-ring (bicyclic) bond motifs is 1. The first-order chi connectivity index (χ1) is 17.4. The van der Waals surface area contributed by atoms with E-state index in [1.165, 1.54) is 19.2 Å². The first kappa shape index (κ1) is 23.8. The van der Waals surface area contributed by atoms with Crippen molar-refractivity contribution in [2.24, 2.45) is 5.41 Å². The Bertz CT molecular complexity index is 1290. The summed E-state index contributed by atoms with van der Waals surface area (Å²) in [6.07, 6.45) is 0.682. The van der Waals surface area contributed by atoms with Gasteiger partial charge in [0.1, 0.15) is 17.3 Å². The number of amides is 1. The van der Waals surface area contributed by atoms with Crippen LogP contribution in [0.3, 0.4) is 0 Å². The van der Waals surface area contributed by atoms with Gasteiger partial charge in [0.2, 0.25) is 0 Å². The van der Waals surface area contributed by atoms with Crippen molar-refractivity contribution < 1.29 is 18.7 Å². The summed E-state index contributed by atoms with van der Waals surface area (Å²) in [4.78, 5) is 17.0. The minimum atomic E-state index is -0.839. The summed E-state index contributed by atoms with van der Waals surface area (Å²) in [5.41, 5.74) is 0.871. The molecule has 36 heavy (non-hydrogen) atoms. The molecule has 2 aliphatic rings. The summed E-state index contributed by atoms with van der Waals surface area (Å²) in [6.45, 7) is 0.975. The summed E-state index contributed by atoms with van der Waals surface area (Å²) < 4.78 is 24.7. The van der Waals surface area contributed by atoms with Gasteiger partial charge in [-0.1, -0.05) is 28.8 Å². The zero-order valence-electron chi connectivity index (χ0n) is 19.4. The number of carbonyl (C=O) groups is 1. The highest BCUT2D eigenvalue weighted by molar-refractivity contribution is 6.32. The Kier molecular flexibility index (Phi) is 6.36. The standard InChI is InChI=1S/C24H23ClFN7O3/c1-35-19-11-20-18(10-17(19)25)33(23-28-30-31-29-23)13-21(36-20)22(34)32-8-6-24(14-27,7-9-32)12-15-2-4-16(26)5-3-15/h2-5,10-11,21H,6-9,12-13H2,1H3,(H,28,29,30,31). The molecule has 1 aromatic heterocycles. The van der Waals surface area contributed by atoms with Crippen LogP contribution >= 0.6 is 11.6 Å². The van der Waals surface area contributed by atoms with Crippen LogP contribution in [0.25, 0.3) is 0 Å². The number of tetrazole rings is 1. The number of hydrogen-bond acceptors (Lipinski definition) is 8. The number of benzene rings is 2. The van der Waals surface area contributed by atoms with Gasteiger partial charge in [-0.05, 0) is 48.2 Å². The molecule has 5 rings (SSSR count). The van der Waals surface area contributed by atoms with Gasteiger partial charge in [-0.15, -0.1) is 5.10 Å². The van der Waals surface area contributed by atoms with E-state index < -0.39 is 11.5 Å². The SMILES string of the molecule is COc1cc2c(cc1Cl)N(c1nn[nH]n1)CC(C(=O)N1CCC(C#N)(Cc3ccc(F)cc3)CC1)O2. The number of carbonyl (C=O) groups excluding carboxylic acids is 1. The van der Waals surface area contributed by atoms with Crippen molar-refractivity contribution in [3.05, 3.63) is 52.8 Å². The molecule has 10 nitrogen and oxygen atoms in total. The second kappa shape index (κ2) is 9.62. The van der Waals surface area contributed by atoms with E-state index in [9.17, 15) is 14.4 Å². The molecule has 3 aromatic rings. The van der Waals surface area contributed by atoms with Crippen molar-refractivity contribution >= 4 is 29.1 Å². The molecule has 2 aromatic carbocycles. The number of H-pyrrole nitrogens is 1. The maximum atomic E-state index is 13.5. The van der Waals surface area contributed by atoms with Gasteiger partial charge in [0.05, 0.1) is 35.8 Å². The average Bonchev–Trinajstić information content (AvgIpc) is 3.44. The molecule has 1 amide bonds. The highest BCUT2D eigenvalue weighted by atomic mass is 35.5. The number of piperidine rings is 1. The Morgan fingerprint density at radius 3 is 2.72 bits per heavy atom. The molecule has 0 bridgehead atoms. The third kappa shape index (κ3) is 4.52. The number of anilines is 2. The van der Waals surface area contributed by atoms with E-state index in [0.717, 1.165) is 5.56 Å². The zero-order valence-corrected chi connectivity index (χ0v) is 20.2. The second-order valence-electron chi connectivity index (χ2n) is 8.90. The summed E-state index contributed by atoms with van der Waals surface area (Å²) >= 11 is 6.32. The largest absolute Gasteiger partial charge is 0.495 e. The number of nitriles is 1. The molecule has 0 aliphatic carbocycles. The zero-order chi connectivity index (χ0) is 25.3. The van der Waals surface area contributed by atoms with Gasteiger partial charge < -0.3 is 19.3 Å². The molecular weight excluding hydrogens is 489 g/mol. The van der Waals surface area contributed by atoms with Crippen molar-refractivity contribution in [3.8, 4) is 17.6 Å². The Morgan fingerprint density at radius 1 is 1.33 bits per heavy atom. The lowest BCUT2D eigenvalue weighted by atomic mass is 9.75. The summed E-state index contributed by atoms with van der Waals surface area (Å²) in [5, 5.41) is 24.5. The minimum absolute atomic E-state index is 0.156. The Morgan fingerprint density at radius 2 is 2.08 bits per heavy atom. The number of hydrogen-bond donors (Lipinski definition) is 1. The number of rotatable bonds is 5. The number of methoxy groups -OCH3 is 1. The number of nitrogens with zero attached hydrogens (tertiary/aromatic N) is 6. The van der Waals surface area contributed by atoms with Gasteiger partial charge in [-0.25, -0.2) is 4.39 Å². The molecule has 0 saturated carbocycles. The molecular formula is C24H23ClFN7O3. The highest BCUT2D eigenvalue weighted by Crippen LogP contribution is 2.43. The monoisotopic (exact) mass is 511 g/mol. The van der Waals surface area contributed by atoms with Gasteiger partial charge in [0.15, 0.2) is 6.10 Å². The number of halogens is 2. The molecule has 1 atom stereocenters. The molecule has 186 valence electrons.